The van der Waals surface area contributed by atoms with Gasteiger partial charge in [-0.2, -0.15) is 0 Å². The zero-order valence-electron chi connectivity index (χ0n) is 11.2. The van der Waals surface area contributed by atoms with E-state index in [0.717, 1.165) is 33.8 Å². The number of unbranched alkanes of at least 4 members (excludes halogenated alkanes) is 2. The molecule has 0 unspecified atom stereocenters. The van der Waals surface area contributed by atoms with Gasteiger partial charge in [0, 0.05) is 16.6 Å². The molecule has 2 aromatic carbocycles. The van der Waals surface area contributed by atoms with Gasteiger partial charge in [-0.25, -0.2) is 0 Å². The topological polar surface area (TPSA) is 29.1 Å². The number of amides is 1. The predicted octanol–water partition coefficient (Wildman–Crippen LogP) is 4.94. The molecule has 0 saturated carbocycles. The molecule has 2 rings (SSSR count). The Kier molecular flexibility index (Phi) is 6.29. The highest BCUT2D eigenvalue weighted by Crippen LogP contribution is 2.20. The van der Waals surface area contributed by atoms with Crippen LogP contribution in [0.1, 0.15) is 29.6 Å². The van der Waals surface area contributed by atoms with Gasteiger partial charge in [0.1, 0.15) is 0 Å². The minimum Gasteiger partial charge on any atom is -0.352 e. The lowest BCUT2D eigenvalue weighted by Crippen LogP contribution is -2.24. The largest absolute Gasteiger partial charge is 0.352 e. The molecule has 0 aliphatic rings. The monoisotopic (exact) mass is 445 g/mol. The SMILES string of the molecule is O=C(NCCCCCI)c1ccc2cc(Br)ccc2c1. The van der Waals surface area contributed by atoms with Gasteiger partial charge in [0.25, 0.3) is 5.91 Å². The summed E-state index contributed by atoms with van der Waals surface area (Å²) in [5.41, 5.74) is 0.730. The summed E-state index contributed by atoms with van der Waals surface area (Å²) in [6.45, 7) is 0.758. The van der Waals surface area contributed by atoms with Crippen LogP contribution in [0, 0.1) is 0 Å². The molecular formula is C16H17BrINO. The van der Waals surface area contributed by atoms with Crippen molar-refractivity contribution < 1.29 is 4.79 Å². The van der Waals surface area contributed by atoms with Crippen LogP contribution in [-0.2, 0) is 0 Å². The number of nitrogens with one attached hydrogen (secondary N) is 1. The molecule has 2 nitrogen and oxygen atoms in total. The summed E-state index contributed by atoms with van der Waals surface area (Å²) in [5, 5.41) is 5.21. The van der Waals surface area contributed by atoms with Gasteiger partial charge in [-0.1, -0.05) is 57.1 Å². The van der Waals surface area contributed by atoms with E-state index in [9.17, 15) is 4.79 Å². The molecule has 20 heavy (non-hydrogen) atoms. The molecule has 0 aromatic heterocycles. The third-order valence-electron chi connectivity index (χ3n) is 3.16. The number of rotatable bonds is 6. The molecule has 2 aromatic rings. The highest BCUT2D eigenvalue weighted by atomic mass is 127. The highest BCUT2D eigenvalue weighted by molar-refractivity contribution is 14.1. The predicted molar refractivity (Wildman–Crippen MR) is 96.7 cm³/mol. The number of alkyl halides is 1. The van der Waals surface area contributed by atoms with Crippen molar-refractivity contribution in [2.24, 2.45) is 0 Å². The van der Waals surface area contributed by atoms with E-state index in [1.165, 1.54) is 17.3 Å². The quantitative estimate of drug-likeness (QED) is 0.381. The van der Waals surface area contributed by atoms with Crippen LogP contribution in [0.5, 0.6) is 0 Å². The summed E-state index contributed by atoms with van der Waals surface area (Å²) in [7, 11) is 0. The molecule has 0 atom stereocenters. The standard InChI is InChI=1S/C16H17BrINO/c17-15-7-6-12-10-14(5-4-13(12)11-15)16(20)19-9-3-1-2-8-18/h4-7,10-11H,1-3,8-9H2,(H,19,20). The fourth-order valence-corrected chi connectivity index (χ4v) is 2.98. The first-order valence-electron chi connectivity index (χ1n) is 6.74. The smallest absolute Gasteiger partial charge is 0.251 e. The van der Waals surface area contributed by atoms with Crippen molar-refractivity contribution in [1.82, 2.24) is 5.32 Å². The number of hydrogen-bond donors (Lipinski definition) is 1. The van der Waals surface area contributed by atoms with Crippen LogP contribution in [0.4, 0.5) is 0 Å². The number of carbonyl (C=O) groups is 1. The molecule has 1 amide bonds. The molecule has 0 heterocycles. The van der Waals surface area contributed by atoms with E-state index in [-0.39, 0.29) is 5.91 Å². The summed E-state index contributed by atoms with van der Waals surface area (Å²) in [5.74, 6) is 0.0179. The van der Waals surface area contributed by atoms with Gasteiger partial charge in [-0.05, 0) is 52.3 Å². The Labute approximate surface area is 141 Å². The molecule has 1 N–H and O–H groups in total. The van der Waals surface area contributed by atoms with Crippen LogP contribution in [-0.4, -0.2) is 16.9 Å². The van der Waals surface area contributed by atoms with Gasteiger partial charge >= 0.3 is 0 Å². The minimum absolute atomic E-state index is 0.0179. The van der Waals surface area contributed by atoms with Crippen LogP contribution in [0.15, 0.2) is 40.9 Å². The van der Waals surface area contributed by atoms with Crippen LogP contribution >= 0.6 is 38.5 Å². The molecule has 0 saturated heterocycles. The second kappa shape index (κ2) is 7.98. The van der Waals surface area contributed by atoms with E-state index in [2.05, 4.69) is 49.9 Å². The van der Waals surface area contributed by atoms with Crippen molar-refractivity contribution in [1.29, 1.82) is 0 Å². The lowest BCUT2D eigenvalue weighted by atomic mass is 10.1. The van der Waals surface area contributed by atoms with E-state index < -0.39 is 0 Å². The normalized spacial score (nSPS) is 10.7. The maximum absolute atomic E-state index is 12.1. The fourth-order valence-electron chi connectivity index (χ4n) is 2.06. The Bertz CT molecular complexity index is 600. The van der Waals surface area contributed by atoms with Gasteiger partial charge in [0.2, 0.25) is 0 Å². The molecule has 0 spiro atoms. The van der Waals surface area contributed by atoms with Crippen LogP contribution in [0.2, 0.25) is 0 Å². The molecule has 0 fully saturated rings. The molecular weight excluding hydrogens is 429 g/mol. The number of hydrogen-bond acceptors (Lipinski definition) is 1. The average Bonchev–Trinajstić information content (AvgIpc) is 2.46. The van der Waals surface area contributed by atoms with Crippen molar-refractivity contribution in [3.8, 4) is 0 Å². The van der Waals surface area contributed by atoms with Crippen molar-refractivity contribution in [2.45, 2.75) is 19.3 Å². The molecule has 4 heteroatoms. The zero-order valence-corrected chi connectivity index (χ0v) is 14.9. The number of benzene rings is 2. The maximum atomic E-state index is 12.1. The van der Waals surface area contributed by atoms with Gasteiger partial charge in [0.15, 0.2) is 0 Å². The first kappa shape index (κ1) is 15.8. The molecule has 0 bridgehead atoms. The summed E-state index contributed by atoms with van der Waals surface area (Å²) >= 11 is 5.84. The Hall–Kier alpha value is -0.620. The lowest BCUT2D eigenvalue weighted by Gasteiger charge is -2.06. The third-order valence-corrected chi connectivity index (χ3v) is 4.42. The van der Waals surface area contributed by atoms with Crippen molar-refractivity contribution in [3.05, 3.63) is 46.4 Å². The second-order valence-corrected chi connectivity index (χ2v) is 6.71. The van der Waals surface area contributed by atoms with E-state index in [0.29, 0.717) is 0 Å². The summed E-state index contributed by atoms with van der Waals surface area (Å²) in [6, 6.07) is 11.9. The maximum Gasteiger partial charge on any atom is 0.251 e. The Morgan fingerprint density at radius 2 is 1.80 bits per heavy atom. The fraction of sp³-hybridized carbons (Fsp3) is 0.312. The van der Waals surface area contributed by atoms with Crippen LogP contribution in [0.3, 0.4) is 0 Å². The van der Waals surface area contributed by atoms with Gasteiger partial charge < -0.3 is 5.32 Å². The van der Waals surface area contributed by atoms with Crippen LogP contribution < -0.4 is 5.32 Å². The number of halogens is 2. The minimum atomic E-state index is 0.0179. The van der Waals surface area contributed by atoms with Gasteiger partial charge in [0.05, 0.1) is 0 Å². The van der Waals surface area contributed by atoms with Crippen LogP contribution in [0.25, 0.3) is 10.8 Å². The lowest BCUT2D eigenvalue weighted by molar-refractivity contribution is 0.0953. The summed E-state index contributed by atoms with van der Waals surface area (Å²) in [4.78, 5) is 12.1. The van der Waals surface area contributed by atoms with Crippen molar-refractivity contribution in [2.75, 3.05) is 11.0 Å². The first-order chi connectivity index (χ1) is 9.70. The van der Waals surface area contributed by atoms with Gasteiger partial charge in [-0.3, -0.25) is 4.79 Å². The Morgan fingerprint density at radius 3 is 2.60 bits per heavy atom. The summed E-state index contributed by atoms with van der Waals surface area (Å²) < 4.78 is 2.24. The zero-order chi connectivity index (χ0) is 14.4. The molecule has 0 aliphatic heterocycles. The van der Waals surface area contributed by atoms with Crippen molar-refractivity contribution >= 4 is 55.2 Å². The Balaban J connectivity index is 1.98. The highest BCUT2D eigenvalue weighted by Gasteiger charge is 2.05. The second-order valence-electron chi connectivity index (χ2n) is 4.71. The summed E-state index contributed by atoms with van der Waals surface area (Å²) in [6.07, 6.45) is 3.45. The average molecular weight is 446 g/mol. The van der Waals surface area contributed by atoms with Gasteiger partial charge in [-0.15, -0.1) is 0 Å². The van der Waals surface area contributed by atoms with E-state index in [1.807, 2.05) is 30.3 Å². The van der Waals surface area contributed by atoms with E-state index in [1.54, 1.807) is 0 Å². The number of carbonyl (C=O) groups excluding carboxylic acids is 1. The first-order valence-corrected chi connectivity index (χ1v) is 9.06. The van der Waals surface area contributed by atoms with E-state index in [4.69, 9.17) is 0 Å². The molecule has 106 valence electrons. The third kappa shape index (κ3) is 4.45. The van der Waals surface area contributed by atoms with Crippen molar-refractivity contribution in [3.63, 3.8) is 0 Å². The Morgan fingerprint density at radius 1 is 1.05 bits per heavy atom. The van der Waals surface area contributed by atoms with E-state index >= 15 is 0 Å². The number of fused-ring (bicyclic) bond motifs is 1. The molecule has 0 aliphatic carbocycles. The molecule has 0 radical (unpaired) electrons.